The molecule has 0 amide bonds. The molecule has 0 aliphatic heterocycles. The fourth-order valence-electron chi connectivity index (χ4n) is 2.62. The number of hydrogen-bond donors (Lipinski definition) is 1. The Morgan fingerprint density at radius 3 is 2.78 bits per heavy atom. The molecule has 5 nitrogen and oxygen atoms in total. The van der Waals surface area contributed by atoms with E-state index in [2.05, 4.69) is 12.2 Å². The summed E-state index contributed by atoms with van der Waals surface area (Å²) in [4.78, 5) is 9.99. The Kier molecular flexibility index (Phi) is 4.36. The number of furan rings is 1. The van der Waals surface area contributed by atoms with Gasteiger partial charge in [-0.2, -0.15) is 0 Å². The lowest BCUT2D eigenvalue weighted by Crippen LogP contribution is -2.34. The maximum atomic E-state index is 10.5. The molecule has 1 N–H and O–H groups in total. The Morgan fingerprint density at radius 2 is 2.17 bits per heavy atom. The van der Waals surface area contributed by atoms with Gasteiger partial charge in [-0.05, 0) is 31.7 Å². The normalized spacial score (nSPS) is 18.7. The maximum absolute atomic E-state index is 10.5. The molecule has 1 aromatic rings. The van der Waals surface area contributed by atoms with E-state index in [-0.39, 0.29) is 5.88 Å². The van der Waals surface area contributed by atoms with E-state index in [0.29, 0.717) is 18.3 Å². The van der Waals surface area contributed by atoms with E-state index < -0.39 is 4.92 Å². The van der Waals surface area contributed by atoms with Gasteiger partial charge in [0, 0.05) is 6.04 Å². The smallest absolute Gasteiger partial charge is 0.404 e. The van der Waals surface area contributed by atoms with Crippen LogP contribution in [0.4, 0.5) is 5.88 Å². The summed E-state index contributed by atoms with van der Waals surface area (Å²) in [6, 6.07) is 3.51. The first-order chi connectivity index (χ1) is 8.66. The largest absolute Gasteiger partial charge is 0.433 e. The van der Waals surface area contributed by atoms with Crippen molar-refractivity contribution in [3.63, 3.8) is 0 Å². The summed E-state index contributed by atoms with van der Waals surface area (Å²) in [5.74, 6) is 1.17. The van der Waals surface area contributed by atoms with Gasteiger partial charge in [-0.25, -0.2) is 0 Å². The molecular weight excluding hydrogens is 232 g/mol. The van der Waals surface area contributed by atoms with Crippen molar-refractivity contribution < 1.29 is 9.34 Å². The molecule has 1 heterocycles. The maximum Gasteiger partial charge on any atom is 0.433 e. The second-order valence-corrected chi connectivity index (χ2v) is 5.06. The highest BCUT2D eigenvalue weighted by molar-refractivity contribution is 5.17. The van der Waals surface area contributed by atoms with Crippen LogP contribution in [0, 0.1) is 16.0 Å². The quantitative estimate of drug-likeness (QED) is 0.645. The average Bonchev–Trinajstić information content (AvgIpc) is 2.86. The molecule has 0 radical (unpaired) electrons. The zero-order valence-corrected chi connectivity index (χ0v) is 10.7. The minimum Gasteiger partial charge on any atom is -0.404 e. The Bertz CT molecular complexity index is 397. The molecule has 0 bridgehead atoms. The van der Waals surface area contributed by atoms with Crippen molar-refractivity contribution in [1.29, 1.82) is 0 Å². The minimum atomic E-state index is -0.506. The molecule has 1 saturated carbocycles. The van der Waals surface area contributed by atoms with Crippen LogP contribution < -0.4 is 5.32 Å². The second-order valence-electron chi connectivity index (χ2n) is 5.06. The Balaban J connectivity index is 1.80. The third kappa shape index (κ3) is 3.32. The summed E-state index contributed by atoms with van der Waals surface area (Å²) >= 11 is 0. The van der Waals surface area contributed by atoms with Crippen LogP contribution in [0.15, 0.2) is 16.5 Å². The van der Waals surface area contributed by atoms with E-state index in [1.807, 2.05) is 0 Å². The molecule has 1 aliphatic rings. The molecule has 1 aromatic heterocycles. The van der Waals surface area contributed by atoms with Crippen molar-refractivity contribution in [3.05, 3.63) is 28.0 Å². The first-order valence-corrected chi connectivity index (χ1v) is 6.63. The standard InChI is InChI=1S/C13H20N2O3/c1-10(11-5-3-2-4-6-11)14-9-12-7-8-13(18-12)15(16)17/h7-8,10-11,14H,2-6,9H2,1H3/t10-/m0/s1. The average molecular weight is 252 g/mol. The fraction of sp³-hybridized carbons (Fsp3) is 0.692. The summed E-state index contributed by atoms with van der Waals surface area (Å²) in [7, 11) is 0. The van der Waals surface area contributed by atoms with E-state index in [1.54, 1.807) is 6.07 Å². The first-order valence-electron chi connectivity index (χ1n) is 6.63. The van der Waals surface area contributed by atoms with E-state index in [9.17, 15) is 10.1 Å². The number of nitrogens with zero attached hydrogens (tertiary/aromatic N) is 1. The number of nitro groups is 1. The van der Waals surface area contributed by atoms with Crippen molar-refractivity contribution >= 4 is 5.88 Å². The highest BCUT2D eigenvalue weighted by Gasteiger charge is 2.20. The molecule has 1 aliphatic carbocycles. The van der Waals surface area contributed by atoms with Crippen molar-refractivity contribution in [2.24, 2.45) is 5.92 Å². The third-order valence-electron chi connectivity index (χ3n) is 3.78. The summed E-state index contributed by atoms with van der Waals surface area (Å²) < 4.78 is 5.12. The molecule has 2 rings (SSSR count). The molecular formula is C13H20N2O3. The third-order valence-corrected chi connectivity index (χ3v) is 3.78. The van der Waals surface area contributed by atoms with Gasteiger partial charge in [-0.1, -0.05) is 19.3 Å². The fourth-order valence-corrected chi connectivity index (χ4v) is 2.62. The van der Waals surface area contributed by atoms with Gasteiger partial charge in [0.2, 0.25) is 0 Å². The molecule has 1 fully saturated rings. The monoisotopic (exact) mass is 252 g/mol. The van der Waals surface area contributed by atoms with Crippen molar-refractivity contribution in [3.8, 4) is 0 Å². The van der Waals surface area contributed by atoms with Gasteiger partial charge < -0.3 is 9.73 Å². The topological polar surface area (TPSA) is 68.3 Å². The van der Waals surface area contributed by atoms with Crippen LogP contribution >= 0.6 is 0 Å². The van der Waals surface area contributed by atoms with Crippen molar-refractivity contribution in [1.82, 2.24) is 5.32 Å². The molecule has 0 unspecified atom stereocenters. The Morgan fingerprint density at radius 1 is 1.44 bits per heavy atom. The van der Waals surface area contributed by atoms with Crippen LogP contribution in [0.3, 0.4) is 0 Å². The lowest BCUT2D eigenvalue weighted by atomic mass is 9.84. The molecule has 0 saturated heterocycles. The number of nitrogens with one attached hydrogen (secondary N) is 1. The molecule has 18 heavy (non-hydrogen) atoms. The van der Waals surface area contributed by atoms with E-state index in [1.165, 1.54) is 38.2 Å². The molecule has 1 atom stereocenters. The first kappa shape index (κ1) is 13.1. The van der Waals surface area contributed by atoms with Gasteiger partial charge in [-0.3, -0.25) is 10.1 Å². The van der Waals surface area contributed by atoms with Gasteiger partial charge in [0.15, 0.2) is 0 Å². The predicted molar refractivity (Wildman–Crippen MR) is 68.2 cm³/mol. The molecule has 5 heteroatoms. The van der Waals surface area contributed by atoms with Crippen LogP contribution in [0.5, 0.6) is 0 Å². The van der Waals surface area contributed by atoms with Gasteiger partial charge in [0.05, 0.1) is 12.6 Å². The molecule has 0 aromatic carbocycles. The van der Waals surface area contributed by atoms with Gasteiger partial charge in [0.25, 0.3) is 0 Å². The Hall–Kier alpha value is -1.36. The second kappa shape index (κ2) is 6.00. The lowest BCUT2D eigenvalue weighted by molar-refractivity contribution is -0.402. The predicted octanol–water partition coefficient (Wildman–Crippen LogP) is 3.25. The van der Waals surface area contributed by atoms with Crippen LogP contribution in [0.1, 0.15) is 44.8 Å². The van der Waals surface area contributed by atoms with Gasteiger partial charge in [-0.15, -0.1) is 0 Å². The highest BCUT2D eigenvalue weighted by Crippen LogP contribution is 2.26. The van der Waals surface area contributed by atoms with E-state index in [4.69, 9.17) is 4.42 Å². The summed E-state index contributed by atoms with van der Waals surface area (Å²) in [5.41, 5.74) is 0. The Labute approximate surface area is 107 Å². The van der Waals surface area contributed by atoms with E-state index in [0.717, 1.165) is 5.92 Å². The molecule has 0 spiro atoms. The van der Waals surface area contributed by atoms with Crippen LogP contribution in [0.25, 0.3) is 0 Å². The minimum absolute atomic E-state index is 0.183. The SMILES string of the molecule is C[C@H](NCc1ccc([N+](=O)[O-])o1)C1CCCCC1. The van der Waals surface area contributed by atoms with Crippen molar-refractivity contribution in [2.45, 2.75) is 51.6 Å². The van der Waals surface area contributed by atoms with Crippen molar-refractivity contribution in [2.75, 3.05) is 0 Å². The van der Waals surface area contributed by atoms with Gasteiger partial charge >= 0.3 is 5.88 Å². The lowest BCUT2D eigenvalue weighted by Gasteiger charge is -2.28. The summed E-state index contributed by atoms with van der Waals surface area (Å²) in [5, 5.41) is 13.9. The van der Waals surface area contributed by atoms with Crippen LogP contribution in [-0.2, 0) is 6.54 Å². The van der Waals surface area contributed by atoms with Crippen LogP contribution in [-0.4, -0.2) is 11.0 Å². The highest BCUT2D eigenvalue weighted by atomic mass is 16.6. The van der Waals surface area contributed by atoms with Crippen LogP contribution in [0.2, 0.25) is 0 Å². The number of rotatable bonds is 5. The molecule has 100 valence electrons. The number of hydrogen-bond acceptors (Lipinski definition) is 4. The van der Waals surface area contributed by atoms with E-state index >= 15 is 0 Å². The zero-order valence-electron chi connectivity index (χ0n) is 10.7. The summed E-state index contributed by atoms with van der Waals surface area (Å²) in [6.07, 6.45) is 6.57. The van der Waals surface area contributed by atoms with Gasteiger partial charge in [0.1, 0.15) is 10.7 Å². The summed E-state index contributed by atoms with van der Waals surface area (Å²) in [6.45, 7) is 2.75. The zero-order chi connectivity index (χ0) is 13.0.